The molecule has 1 heterocycles. The Kier molecular flexibility index (Phi) is 4.13. The van der Waals surface area contributed by atoms with E-state index in [0.717, 1.165) is 6.42 Å². The van der Waals surface area contributed by atoms with Gasteiger partial charge in [-0.3, -0.25) is 9.59 Å². The number of hydrogen-bond acceptors (Lipinski definition) is 4. The number of rotatable bonds is 4. The largest absolute Gasteiger partial charge is 0.366 e. The topological polar surface area (TPSA) is 107 Å². The summed E-state index contributed by atoms with van der Waals surface area (Å²) < 4.78 is 5.50. The molecule has 0 aliphatic carbocycles. The maximum Gasteiger partial charge on any atom is 0.253 e. The minimum Gasteiger partial charge on any atom is -0.366 e. The van der Waals surface area contributed by atoms with Crippen LogP contribution in [0.1, 0.15) is 23.2 Å². The number of carbonyl (C=O) groups excluding carboxylic acids is 2. The monoisotopic (exact) mass is 263 g/mol. The van der Waals surface area contributed by atoms with E-state index < -0.39 is 12.0 Å². The van der Waals surface area contributed by atoms with Gasteiger partial charge in [0, 0.05) is 17.8 Å². The van der Waals surface area contributed by atoms with E-state index in [2.05, 4.69) is 5.32 Å². The van der Waals surface area contributed by atoms with Gasteiger partial charge in [0.2, 0.25) is 5.91 Å². The zero-order valence-corrected chi connectivity index (χ0v) is 10.5. The van der Waals surface area contributed by atoms with Crippen molar-refractivity contribution in [3.05, 3.63) is 29.8 Å². The van der Waals surface area contributed by atoms with Crippen LogP contribution in [0.2, 0.25) is 0 Å². The summed E-state index contributed by atoms with van der Waals surface area (Å²) >= 11 is 0. The number of amides is 2. The second kappa shape index (κ2) is 5.81. The Labute approximate surface area is 111 Å². The average Bonchev–Trinajstić information content (AvgIpc) is 2.88. The molecule has 1 fully saturated rings. The standard InChI is InChI=1S/C13H17N3O3/c14-7-10-5-6-11(19-10)13(18)16-9-3-1-8(2-4-9)12(15)17/h1-4,10-11H,5-7,14H2,(H2,15,17)(H,16,18). The van der Waals surface area contributed by atoms with Crippen LogP contribution in [0.3, 0.4) is 0 Å². The Morgan fingerprint density at radius 2 is 1.95 bits per heavy atom. The summed E-state index contributed by atoms with van der Waals surface area (Å²) in [6.07, 6.45) is 0.986. The minimum absolute atomic E-state index is 0.0343. The third-order valence-corrected chi connectivity index (χ3v) is 3.10. The van der Waals surface area contributed by atoms with E-state index in [-0.39, 0.29) is 12.0 Å². The molecule has 1 aromatic rings. The average molecular weight is 263 g/mol. The van der Waals surface area contributed by atoms with Crippen LogP contribution in [-0.4, -0.2) is 30.6 Å². The Morgan fingerprint density at radius 1 is 1.26 bits per heavy atom. The van der Waals surface area contributed by atoms with E-state index >= 15 is 0 Å². The van der Waals surface area contributed by atoms with Crippen LogP contribution in [0.4, 0.5) is 5.69 Å². The molecule has 2 atom stereocenters. The number of anilines is 1. The maximum absolute atomic E-state index is 11.9. The highest BCUT2D eigenvalue weighted by molar-refractivity contribution is 5.96. The van der Waals surface area contributed by atoms with Crippen molar-refractivity contribution in [2.45, 2.75) is 25.0 Å². The molecule has 2 unspecified atom stereocenters. The molecular formula is C13H17N3O3. The lowest BCUT2D eigenvalue weighted by molar-refractivity contribution is -0.126. The minimum atomic E-state index is -0.497. The SMILES string of the molecule is NCC1CCC(C(=O)Nc2ccc(C(N)=O)cc2)O1. The molecule has 1 aliphatic rings. The lowest BCUT2D eigenvalue weighted by atomic mass is 10.1. The van der Waals surface area contributed by atoms with Crippen molar-refractivity contribution in [3.63, 3.8) is 0 Å². The number of ether oxygens (including phenoxy) is 1. The first-order chi connectivity index (χ1) is 9.10. The lowest BCUT2D eigenvalue weighted by Gasteiger charge is -2.12. The van der Waals surface area contributed by atoms with E-state index in [0.29, 0.717) is 24.2 Å². The first kappa shape index (κ1) is 13.5. The molecule has 1 aliphatic heterocycles. The van der Waals surface area contributed by atoms with Crippen molar-refractivity contribution < 1.29 is 14.3 Å². The fourth-order valence-electron chi connectivity index (χ4n) is 2.01. The van der Waals surface area contributed by atoms with Gasteiger partial charge in [-0.15, -0.1) is 0 Å². The molecule has 0 radical (unpaired) electrons. The van der Waals surface area contributed by atoms with Crippen molar-refractivity contribution in [1.29, 1.82) is 0 Å². The zero-order valence-electron chi connectivity index (χ0n) is 10.5. The molecule has 0 aromatic heterocycles. The van der Waals surface area contributed by atoms with Crippen LogP contribution in [0, 0.1) is 0 Å². The van der Waals surface area contributed by atoms with E-state index in [1.54, 1.807) is 24.3 Å². The maximum atomic E-state index is 11.9. The summed E-state index contributed by atoms with van der Waals surface area (Å²) in [5.74, 6) is -0.689. The van der Waals surface area contributed by atoms with Crippen molar-refractivity contribution in [3.8, 4) is 0 Å². The molecule has 2 amide bonds. The first-order valence-electron chi connectivity index (χ1n) is 6.16. The summed E-state index contributed by atoms with van der Waals surface area (Å²) in [7, 11) is 0. The highest BCUT2D eigenvalue weighted by Crippen LogP contribution is 2.20. The second-order valence-corrected chi connectivity index (χ2v) is 4.49. The summed E-state index contributed by atoms with van der Waals surface area (Å²) in [6.45, 7) is 0.428. The molecule has 19 heavy (non-hydrogen) atoms. The van der Waals surface area contributed by atoms with Crippen LogP contribution in [0.15, 0.2) is 24.3 Å². The van der Waals surface area contributed by atoms with E-state index in [1.165, 1.54) is 0 Å². The summed E-state index contributed by atoms with van der Waals surface area (Å²) in [6, 6.07) is 6.40. The summed E-state index contributed by atoms with van der Waals surface area (Å²) in [5.41, 5.74) is 11.6. The molecule has 5 N–H and O–H groups in total. The van der Waals surface area contributed by atoms with Crippen LogP contribution in [-0.2, 0) is 9.53 Å². The molecule has 6 nitrogen and oxygen atoms in total. The van der Waals surface area contributed by atoms with Gasteiger partial charge in [0.25, 0.3) is 5.91 Å². The number of nitrogens with two attached hydrogens (primary N) is 2. The number of hydrogen-bond donors (Lipinski definition) is 3. The Morgan fingerprint density at radius 3 is 2.47 bits per heavy atom. The first-order valence-corrected chi connectivity index (χ1v) is 6.16. The Hall–Kier alpha value is -1.92. The fraction of sp³-hybridized carbons (Fsp3) is 0.385. The molecule has 0 spiro atoms. The molecular weight excluding hydrogens is 246 g/mol. The van der Waals surface area contributed by atoms with Gasteiger partial charge in [-0.2, -0.15) is 0 Å². The highest BCUT2D eigenvalue weighted by Gasteiger charge is 2.29. The molecule has 0 saturated carbocycles. The predicted octanol–water partition coefficient (Wildman–Crippen LogP) is 0.230. The summed E-state index contributed by atoms with van der Waals surface area (Å²) in [4.78, 5) is 22.8. The fourth-order valence-corrected chi connectivity index (χ4v) is 2.01. The van der Waals surface area contributed by atoms with Gasteiger partial charge in [-0.25, -0.2) is 0 Å². The van der Waals surface area contributed by atoms with E-state index in [4.69, 9.17) is 16.2 Å². The normalized spacial score (nSPS) is 22.2. The van der Waals surface area contributed by atoms with Crippen LogP contribution in [0.5, 0.6) is 0 Å². The van der Waals surface area contributed by atoms with Gasteiger partial charge < -0.3 is 21.5 Å². The number of primary amides is 1. The highest BCUT2D eigenvalue weighted by atomic mass is 16.5. The van der Waals surface area contributed by atoms with Gasteiger partial charge in [0.05, 0.1) is 6.10 Å². The number of nitrogens with one attached hydrogen (secondary N) is 1. The number of benzene rings is 1. The van der Waals surface area contributed by atoms with Crippen LogP contribution >= 0.6 is 0 Å². The van der Waals surface area contributed by atoms with Crippen LogP contribution < -0.4 is 16.8 Å². The lowest BCUT2D eigenvalue weighted by Crippen LogP contribution is -2.29. The van der Waals surface area contributed by atoms with Gasteiger partial charge >= 0.3 is 0 Å². The second-order valence-electron chi connectivity index (χ2n) is 4.49. The smallest absolute Gasteiger partial charge is 0.253 e. The molecule has 2 rings (SSSR count). The quantitative estimate of drug-likeness (QED) is 0.722. The van der Waals surface area contributed by atoms with Gasteiger partial charge in [-0.05, 0) is 37.1 Å². The molecule has 1 aromatic carbocycles. The molecule has 102 valence electrons. The Balaban J connectivity index is 1.94. The van der Waals surface area contributed by atoms with E-state index in [9.17, 15) is 9.59 Å². The van der Waals surface area contributed by atoms with Gasteiger partial charge in [-0.1, -0.05) is 0 Å². The van der Waals surface area contributed by atoms with Crippen molar-refractivity contribution in [2.24, 2.45) is 11.5 Å². The third-order valence-electron chi connectivity index (χ3n) is 3.10. The van der Waals surface area contributed by atoms with Crippen molar-refractivity contribution >= 4 is 17.5 Å². The van der Waals surface area contributed by atoms with Crippen molar-refractivity contribution in [1.82, 2.24) is 0 Å². The number of carbonyl (C=O) groups is 2. The van der Waals surface area contributed by atoms with Crippen molar-refractivity contribution in [2.75, 3.05) is 11.9 Å². The predicted molar refractivity (Wildman–Crippen MR) is 70.5 cm³/mol. The Bertz CT molecular complexity index is 473. The third kappa shape index (κ3) is 3.30. The summed E-state index contributed by atoms with van der Waals surface area (Å²) in [5, 5.41) is 2.74. The molecule has 6 heteroatoms. The zero-order chi connectivity index (χ0) is 13.8. The molecule has 1 saturated heterocycles. The van der Waals surface area contributed by atoms with E-state index in [1.807, 2.05) is 0 Å². The van der Waals surface area contributed by atoms with Crippen LogP contribution in [0.25, 0.3) is 0 Å². The van der Waals surface area contributed by atoms with Gasteiger partial charge in [0.1, 0.15) is 6.10 Å². The van der Waals surface area contributed by atoms with Gasteiger partial charge in [0.15, 0.2) is 0 Å². The molecule has 0 bridgehead atoms.